The third-order valence-electron chi connectivity index (χ3n) is 2.65. The summed E-state index contributed by atoms with van der Waals surface area (Å²) in [5.74, 6) is 0. The number of aromatic nitrogens is 2. The average Bonchev–Trinajstić information content (AvgIpc) is 2.66. The van der Waals surface area contributed by atoms with E-state index in [0.29, 0.717) is 0 Å². The van der Waals surface area contributed by atoms with E-state index in [1.54, 1.807) is 0 Å². The minimum Gasteiger partial charge on any atom is -0.272 e. The van der Waals surface area contributed by atoms with Crippen LogP contribution in [0.2, 0.25) is 0 Å². The fourth-order valence-corrected chi connectivity index (χ4v) is 1.81. The second kappa shape index (κ2) is 3.89. The zero-order valence-corrected chi connectivity index (χ0v) is 9.49. The van der Waals surface area contributed by atoms with E-state index in [-0.39, 0.29) is 0 Å². The summed E-state index contributed by atoms with van der Waals surface area (Å²) < 4.78 is 1.95. The highest BCUT2D eigenvalue weighted by atomic mass is 15.3. The molecule has 0 saturated heterocycles. The van der Waals surface area contributed by atoms with Gasteiger partial charge in [-0.25, -0.2) is 0 Å². The number of hydrogen-bond donors (Lipinski definition) is 0. The van der Waals surface area contributed by atoms with Crippen molar-refractivity contribution in [3.63, 3.8) is 0 Å². The van der Waals surface area contributed by atoms with E-state index >= 15 is 0 Å². The SMILES string of the molecule is CCn1cc(-c2ccc(C)cc2C)cn1. The second-order valence-electron chi connectivity index (χ2n) is 3.90. The molecule has 78 valence electrons. The molecule has 0 radical (unpaired) electrons. The second-order valence-corrected chi connectivity index (χ2v) is 3.90. The zero-order chi connectivity index (χ0) is 10.8. The highest BCUT2D eigenvalue weighted by Gasteiger charge is 2.03. The molecule has 0 unspecified atom stereocenters. The van der Waals surface area contributed by atoms with E-state index in [2.05, 4.69) is 50.3 Å². The van der Waals surface area contributed by atoms with Crippen LogP contribution < -0.4 is 0 Å². The summed E-state index contributed by atoms with van der Waals surface area (Å²) in [7, 11) is 0. The van der Waals surface area contributed by atoms with Gasteiger partial charge in [-0.3, -0.25) is 4.68 Å². The average molecular weight is 200 g/mol. The lowest BCUT2D eigenvalue weighted by Crippen LogP contribution is -1.92. The molecule has 0 amide bonds. The van der Waals surface area contributed by atoms with Gasteiger partial charge < -0.3 is 0 Å². The largest absolute Gasteiger partial charge is 0.272 e. The highest BCUT2D eigenvalue weighted by Crippen LogP contribution is 2.23. The smallest absolute Gasteiger partial charge is 0.0568 e. The topological polar surface area (TPSA) is 17.8 Å². The minimum atomic E-state index is 0.922. The first kappa shape index (κ1) is 9.97. The van der Waals surface area contributed by atoms with Crippen molar-refractivity contribution in [3.8, 4) is 11.1 Å². The lowest BCUT2D eigenvalue weighted by Gasteiger charge is -2.03. The summed E-state index contributed by atoms with van der Waals surface area (Å²) in [6, 6.07) is 6.52. The van der Waals surface area contributed by atoms with Crippen LogP contribution in [0.4, 0.5) is 0 Å². The number of rotatable bonds is 2. The van der Waals surface area contributed by atoms with Gasteiger partial charge in [0.1, 0.15) is 0 Å². The van der Waals surface area contributed by atoms with Gasteiger partial charge in [0.2, 0.25) is 0 Å². The summed E-state index contributed by atoms with van der Waals surface area (Å²) in [4.78, 5) is 0. The third-order valence-corrected chi connectivity index (χ3v) is 2.65. The van der Waals surface area contributed by atoms with Gasteiger partial charge in [-0.05, 0) is 31.9 Å². The Bertz CT molecular complexity index is 469. The summed E-state index contributed by atoms with van der Waals surface area (Å²) in [5, 5.41) is 4.29. The quantitative estimate of drug-likeness (QED) is 0.728. The normalized spacial score (nSPS) is 10.6. The molecule has 1 heterocycles. The Balaban J connectivity index is 2.44. The molecule has 1 aromatic carbocycles. The molecule has 0 spiro atoms. The fourth-order valence-electron chi connectivity index (χ4n) is 1.81. The van der Waals surface area contributed by atoms with Crippen LogP contribution in [0.1, 0.15) is 18.1 Å². The van der Waals surface area contributed by atoms with Gasteiger partial charge in [0.25, 0.3) is 0 Å². The van der Waals surface area contributed by atoms with Crippen molar-refractivity contribution in [2.45, 2.75) is 27.3 Å². The fraction of sp³-hybridized carbons (Fsp3) is 0.308. The molecule has 2 heteroatoms. The molecule has 0 aliphatic heterocycles. The molecule has 1 aromatic heterocycles. The van der Waals surface area contributed by atoms with E-state index in [4.69, 9.17) is 0 Å². The molecule has 0 atom stereocenters. The van der Waals surface area contributed by atoms with Crippen LogP contribution in [0.5, 0.6) is 0 Å². The molecule has 2 rings (SSSR count). The molecule has 2 nitrogen and oxygen atoms in total. The number of benzene rings is 1. The first-order valence-corrected chi connectivity index (χ1v) is 5.31. The summed E-state index contributed by atoms with van der Waals surface area (Å²) in [6.45, 7) is 7.28. The lowest BCUT2D eigenvalue weighted by molar-refractivity contribution is 0.660. The van der Waals surface area contributed by atoms with Crippen molar-refractivity contribution in [3.05, 3.63) is 41.7 Å². The van der Waals surface area contributed by atoms with Crippen LogP contribution in [-0.4, -0.2) is 9.78 Å². The van der Waals surface area contributed by atoms with Gasteiger partial charge >= 0.3 is 0 Å². The van der Waals surface area contributed by atoms with Crippen molar-refractivity contribution >= 4 is 0 Å². The van der Waals surface area contributed by atoms with Crippen molar-refractivity contribution in [1.82, 2.24) is 9.78 Å². The Morgan fingerprint density at radius 2 is 2.07 bits per heavy atom. The van der Waals surface area contributed by atoms with Gasteiger partial charge in [0, 0.05) is 18.3 Å². The first-order valence-electron chi connectivity index (χ1n) is 5.31. The van der Waals surface area contributed by atoms with E-state index in [1.165, 1.54) is 22.3 Å². The van der Waals surface area contributed by atoms with Gasteiger partial charge in [-0.2, -0.15) is 5.10 Å². The molecular weight excluding hydrogens is 184 g/mol. The lowest BCUT2D eigenvalue weighted by atomic mass is 10.0. The predicted molar refractivity (Wildman–Crippen MR) is 62.8 cm³/mol. The van der Waals surface area contributed by atoms with Crippen molar-refractivity contribution in [2.24, 2.45) is 0 Å². The standard InChI is InChI=1S/C13H16N2/c1-4-15-9-12(8-14-15)13-6-5-10(2)7-11(13)3/h5-9H,4H2,1-3H3. The van der Waals surface area contributed by atoms with Crippen LogP contribution in [0.15, 0.2) is 30.6 Å². The highest BCUT2D eigenvalue weighted by molar-refractivity contribution is 5.66. The van der Waals surface area contributed by atoms with Gasteiger partial charge in [0.05, 0.1) is 6.20 Å². The van der Waals surface area contributed by atoms with Crippen LogP contribution in [-0.2, 0) is 6.54 Å². The third kappa shape index (κ3) is 1.94. The van der Waals surface area contributed by atoms with Crippen LogP contribution in [0.3, 0.4) is 0 Å². The minimum absolute atomic E-state index is 0.922. The van der Waals surface area contributed by atoms with E-state index in [1.807, 2.05) is 10.9 Å². The number of aryl methyl sites for hydroxylation is 3. The maximum absolute atomic E-state index is 4.29. The Hall–Kier alpha value is -1.57. The molecule has 0 saturated carbocycles. The Labute approximate surface area is 90.6 Å². The van der Waals surface area contributed by atoms with Crippen LogP contribution in [0, 0.1) is 13.8 Å². The molecular formula is C13H16N2. The van der Waals surface area contributed by atoms with Crippen LogP contribution >= 0.6 is 0 Å². The molecule has 0 bridgehead atoms. The van der Waals surface area contributed by atoms with E-state index in [0.717, 1.165) is 6.54 Å². The van der Waals surface area contributed by atoms with Crippen molar-refractivity contribution < 1.29 is 0 Å². The summed E-state index contributed by atoms with van der Waals surface area (Å²) in [6.07, 6.45) is 4.03. The van der Waals surface area contributed by atoms with Crippen molar-refractivity contribution in [2.75, 3.05) is 0 Å². The molecule has 0 aliphatic rings. The summed E-state index contributed by atoms with van der Waals surface area (Å²) in [5.41, 5.74) is 5.10. The zero-order valence-electron chi connectivity index (χ0n) is 9.49. The maximum Gasteiger partial charge on any atom is 0.0568 e. The Kier molecular flexibility index (Phi) is 2.58. The number of hydrogen-bond acceptors (Lipinski definition) is 1. The van der Waals surface area contributed by atoms with Gasteiger partial charge in [0.15, 0.2) is 0 Å². The van der Waals surface area contributed by atoms with E-state index < -0.39 is 0 Å². The molecule has 0 aliphatic carbocycles. The number of nitrogens with zero attached hydrogens (tertiary/aromatic N) is 2. The van der Waals surface area contributed by atoms with Gasteiger partial charge in [-0.1, -0.05) is 23.8 Å². The van der Waals surface area contributed by atoms with E-state index in [9.17, 15) is 0 Å². The maximum atomic E-state index is 4.29. The Morgan fingerprint density at radius 1 is 1.27 bits per heavy atom. The van der Waals surface area contributed by atoms with Crippen molar-refractivity contribution in [1.29, 1.82) is 0 Å². The molecule has 15 heavy (non-hydrogen) atoms. The van der Waals surface area contributed by atoms with Gasteiger partial charge in [-0.15, -0.1) is 0 Å². The summed E-state index contributed by atoms with van der Waals surface area (Å²) >= 11 is 0. The molecule has 0 fully saturated rings. The molecule has 2 aromatic rings. The first-order chi connectivity index (χ1) is 7.20. The monoisotopic (exact) mass is 200 g/mol. The van der Waals surface area contributed by atoms with Crippen LogP contribution in [0.25, 0.3) is 11.1 Å². The predicted octanol–water partition coefficient (Wildman–Crippen LogP) is 3.19. The Morgan fingerprint density at radius 3 is 2.67 bits per heavy atom. The molecule has 0 N–H and O–H groups in total.